The van der Waals surface area contributed by atoms with E-state index in [1.54, 1.807) is 30.6 Å². The van der Waals surface area contributed by atoms with Crippen molar-refractivity contribution >= 4 is 51.5 Å². The second kappa shape index (κ2) is 9.04. The van der Waals surface area contributed by atoms with Gasteiger partial charge in [-0.1, -0.05) is 23.2 Å². The molecule has 1 aliphatic rings. The minimum Gasteiger partial charge on any atom is -0.338 e. The smallest absolute Gasteiger partial charge is 0.240 e. The lowest BCUT2D eigenvalue weighted by Gasteiger charge is -2.34. The molecular weight excluding hydrogens is 431 g/mol. The molecule has 1 N–H and O–H groups in total. The molecule has 0 spiro atoms. The Hall–Kier alpha value is -2.26. The highest BCUT2D eigenvalue weighted by Crippen LogP contribution is 2.32. The van der Waals surface area contributed by atoms with Crippen LogP contribution in [0.25, 0.3) is 11.3 Å². The molecule has 0 saturated carbocycles. The highest BCUT2D eigenvalue weighted by Gasteiger charge is 2.21. The number of hydrogen-bond acceptors (Lipinski definition) is 7. The van der Waals surface area contributed by atoms with Crippen molar-refractivity contribution in [1.29, 1.82) is 0 Å². The number of anilines is 2. The summed E-state index contributed by atoms with van der Waals surface area (Å²) in [7, 11) is 0. The largest absolute Gasteiger partial charge is 0.338 e. The molecule has 29 heavy (non-hydrogen) atoms. The Morgan fingerprint density at radius 3 is 2.62 bits per heavy atom. The summed E-state index contributed by atoms with van der Waals surface area (Å²) in [6.07, 6.45) is 3.48. The van der Waals surface area contributed by atoms with Crippen LogP contribution >= 0.6 is 34.5 Å². The molecule has 10 heteroatoms. The molecule has 7 nitrogen and oxygen atoms in total. The van der Waals surface area contributed by atoms with E-state index in [-0.39, 0.29) is 5.91 Å². The van der Waals surface area contributed by atoms with Gasteiger partial charge in [-0.05, 0) is 24.3 Å². The van der Waals surface area contributed by atoms with Gasteiger partial charge >= 0.3 is 0 Å². The third-order valence-electron chi connectivity index (χ3n) is 4.53. The van der Waals surface area contributed by atoms with Crippen LogP contribution in [0.3, 0.4) is 0 Å². The van der Waals surface area contributed by atoms with Crippen LogP contribution in [-0.2, 0) is 4.79 Å². The van der Waals surface area contributed by atoms with E-state index in [4.69, 9.17) is 23.2 Å². The van der Waals surface area contributed by atoms with Crippen LogP contribution in [0.5, 0.6) is 0 Å². The molecule has 3 heterocycles. The molecule has 1 amide bonds. The van der Waals surface area contributed by atoms with E-state index in [1.807, 2.05) is 11.4 Å². The molecule has 4 rings (SSSR count). The number of amides is 1. The van der Waals surface area contributed by atoms with E-state index in [1.165, 1.54) is 11.3 Å². The van der Waals surface area contributed by atoms with Gasteiger partial charge in [0.1, 0.15) is 0 Å². The average Bonchev–Trinajstić information content (AvgIpc) is 3.17. The lowest BCUT2D eigenvalue weighted by molar-refractivity contribution is -0.117. The van der Waals surface area contributed by atoms with E-state index in [2.05, 4.69) is 30.1 Å². The summed E-state index contributed by atoms with van der Waals surface area (Å²) in [4.78, 5) is 29.7. The van der Waals surface area contributed by atoms with Crippen molar-refractivity contribution in [2.45, 2.75) is 0 Å². The SMILES string of the molecule is O=C(CN1CCN(c2ncccn2)CC1)Nc1nc(-c2ccc(Cl)cc2Cl)cs1. The minimum absolute atomic E-state index is 0.0856. The second-order valence-electron chi connectivity index (χ2n) is 6.52. The Morgan fingerprint density at radius 2 is 1.90 bits per heavy atom. The van der Waals surface area contributed by atoms with Crippen LogP contribution < -0.4 is 10.2 Å². The number of benzene rings is 1. The Balaban J connectivity index is 1.30. The third-order valence-corrected chi connectivity index (χ3v) is 5.84. The number of carbonyl (C=O) groups excluding carboxylic acids is 1. The number of nitrogens with one attached hydrogen (secondary N) is 1. The van der Waals surface area contributed by atoms with Crippen molar-refractivity contribution in [2.75, 3.05) is 42.9 Å². The molecule has 0 bridgehead atoms. The standard InChI is InChI=1S/C19H18Cl2N6OS/c20-13-2-3-14(15(21)10-13)16-12-29-19(24-16)25-17(28)11-26-6-8-27(9-7-26)18-22-4-1-5-23-18/h1-5,10,12H,6-9,11H2,(H,24,25,28). The Labute approximate surface area is 182 Å². The fourth-order valence-electron chi connectivity index (χ4n) is 3.07. The van der Waals surface area contributed by atoms with Crippen LogP contribution in [0.2, 0.25) is 10.0 Å². The van der Waals surface area contributed by atoms with Crippen molar-refractivity contribution in [3.05, 3.63) is 52.1 Å². The monoisotopic (exact) mass is 448 g/mol. The van der Waals surface area contributed by atoms with Gasteiger partial charge < -0.3 is 10.2 Å². The number of aromatic nitrogens is 3. The van der Waals surface area contributed by atoms with Gasteiger partial charge in [0.2, 0.25) is 11.9 Å². The number of hydrogen-bond donors (Lipinski definition) is 1. The van der Waals surface area contributed by atoms with E-state index in [0.29, 0.717) is 27.4 Å². The Morgan fingerprint density at radius 1 is 1.14 bits per heavy atom. The molecule has 0 radical (unpaired) electrons. The quantitative estimate of drug-likeness (QED) is 0.641. The molecule has 1 aromatic carbocycles. The van der Waals surface area contributed by atoms with Gasteiger partial charge in [-0.3, -0.25) is 9.69 Å². The number of carbonyl (C=O) groups is 1. The van der Waals surface area contributed by atoms with Gasteiger partial charge in [0.05, 0.1) is 17.3 Å². The molecular formula is C19H18Cl2N6OS. The first-order valence-electron chi connectivity index (χ1n) is 9.03. The number of nitrogens with zero attached hydrogens (tertiary/aromatic N) is 5. The van der Waals surface area contributed by atoms with Crippen molar-refractivity contribution < 1.29 is 4.79 Å². The zero-order valence-corrected chi connectivity index (χ0v) is 17.7. The molecule has 0 aliphatic carbocycles. The zero-order chi connectivity index (χ0) is 20.2. The second-order valence-corrected chi connectivity index (χ2v) is 8.22. The fraction of sp³-hybridized carbons (Fsp3) is 0.263. The summed E-state index contributed by atoms with van der Waals surface area (Å²) in [5.74, 6) is 0.644. The van der Waals surface area contributed by atoms with Crippen molar-refractivity contribution in [3.8, 4) is 11.3 Å². The molecule has 1 aliphatic heterocycles. The van der Waals surface area contributed by atoms with Crippen molar-refractivity contribution in [2.24, 2.45) is 0 Å². The van der Waals surface area contributed by atoms with E-state index in [9.17, 15) is 4.79 Å². The molecule has 0 atom stereocenters. The fourth-order valence-corrected chi connectivity index (χ4v) is 4.31. The van der Waals surface area contributed by atoms with E-state index in [0.717, 1.165) is 37.7 Å². The first kappa shape index (κ1) is 20.0. The molecule has 3 aromatic rings. The van der Waals surface area contributed by atoms with Gasteiger partial charge in [0, 0.05) is 54.5 Å². The summed E-state index contributed by atoms with van der Waals surface area (Å²) in [6, 6.07) is 7.06. The van der Waals surface area contributed by atoms with Crippen molar-refractivity contribution in [1.82, 2.24) is 19.9 Å². The number of rotatable bonds is 5. The van der Waals surface area contributed by atoms with Crippen LogP contribution in [-0.4, -0.2) is 58.5 Å². The molecule has 1 saturated heterocycles. The lowest BCUT2D eigenvalue weighted by Crippen LogP contribution is -2.49. The van der Waals surface area contributed by atoms with Crippen LogP contribution in [0.15, 0.2) is 42.0 Å². The lowest BCUT2D eigenvalue weighted by atomic mass is 10.2. The maximum absolute atomic E-state index is 12.4. The van der Waals surface area contributed by atoms with Crippen molar-refractivity contribution in [3.63, 3.8) is 0 Å². The number of thiazole rings is 1. The van der Waals surface area contributed by atoms with Gasteiger partial charge in [-0.15, -0.1) is 11.3 Å². The number of halogens is 2. The molecule has 1 fully saturated rings. The summed E-state index contributed by atoms with van der Waals surface area (Å²) >= 11 is 13.5. The molecule has 0 unspecified atom stereocenters. The highest BCUT2D eigenvalue weighted by molar-refractivity contribution is 7.14. The minimum atomic E-state index is -0.0856. The normalized spacial score (nSPS) is 14.8. The third kappa shape index (κ3) is 5.02. The Bertz CT molecular complexity index is 991. The predicted molar refractivity (Wildman–Crippen MR) is 117 cm³/mol. The molecule has 2 aromatic heterocycles. The first-order valence-corrected chi connectivity index (χ1v) is 10.7. The maximum atomic E-state index is 12.4. The predicted octanol–water partition coefficient (Wildman–Crippen LogP) is 3.67. The summed E-state index contributed by atoms with van der Waals surface area (Å²) in [5, 5.41) is 6.38. The average molecular weight is 449 g/mol. The summed E-state index contributed by atoms with van der Waals surface area (Å²) in [5.41, 5.74) is 1.50. The van der Waals surface area contributed by atoms with Crippen LogP contribution in [0, 0.1) is 0 Å². The van der Waals surface area contributed by atoms with E-state index < -0.39 is 0 Å². The first-order chi connectivity index (χ1) is 14.1. The zero-order valence-electron chi connectivity index (χ0n) is 15.4. The van der Waals surface area contributed by atoms with Crippen LogP contribution in [0.4, 0.5) is 11.1 Å². The van der Waals surface area contributed by atoms with Crippen LogP contribution in [0.1, 0.15) is 0 Å². The summed E-state index contributed by atoms with van der Waals surface area (Å²) < 4.78 is 0. The number of piperazine rings is 1. The maximum Gasteiger partial charge on any atom is 0.240 e. The van der Waals surface area contributed by atoms with Gasteiger partial charge in [-0.2, -0.15) is 0 Å². The summed E-state index contributed by atoms with van der Waals surface area (Å²) in [6.45, 7) is 3.44. The highest BCUT2D eigenvalue weighted by atomic mass is 35.5. The van der Waals surface area contributed by atoms with Gasteiger partial charge in [0.25, 0.3) is 0 Å². The van der Waals surface area contributed by atoms with Gasteiger partial charge in [-0.25, -0.2) is 15.0 Å². The molecule has 150 valence electrons. The topological polar surface area (TPSA) is 74.2 Å². The Kier molecular flexibility index (Phi) is 6.25. The van der Waals surface area contributed by atoms with E-state index >= 15 is 0 Å². The van der Waals surface area contributed by atoms with Gasteiger partial charge in [0.15, 0.2) is 5.13 Å².